The van der Waals surface area contributed by atoms with Gasteiger partial charge in [-0.25, -0.2) is 0 Å². The first-order valence-electron chi connectivity index (χ1n) is 7.57. The van der Waals surface area contributed by atoms with Crippen molar-refractivity contribution in [3.8, 4) is 0 Å². The number of rotatable bonds is 5. The SMILES string of the molecule is CC(C)(C)NCc1ccc(SCC2CCOCC2)cc1. The first-order valence-corrected chi connectivity index (χ1v) is 8.56. The van der Waals surface area contributed by atoms with E-state index in [0.717, 1.165) is 25.7 Å². The average Bonchev–Trinajstić information content (AvgIpc) is 2.44. The highest BCUT2D eigenvalue weighted by atomic mass is 32.2. The zero-order chi connectivity index (χ0) is 14.4. The van der Waals surface area contributed by atoms with Crippen LogP contribution in [0.25, 0.3) is 0 Å². The van der Waals surface area contributed by atoms with Crippen LogP contribution in [0.4, 0.5) is 0 Å². The minimum absolute atomic E-state index is 0.177. The summed E-state index contributed by atoms with van der Waals surface area (Å²) in [6, 6.07) is 8.99. The van der Waals surface area contributed by atoms with E-state index in [4.69, 9.17) is 4.74 Å². The minimum Gasteiger partial charge on any atom is -0.381 e. The van der Waals surface area contributed by atoms with Crippen molar-refractivity contribution in [1.82, 2.24) is 5.32 Å². The molecular weight excluding hydrogens is 266 g/mol. The van der Waals surface area contributed by atoms with Crippen molar-refractivity contribution >= 4 is 11.8 Å². The van der Waals surface area contributed by atoms with Crippen LogP contribution in [-0.2, 0) is 11.3 Å². The largest absolute Gasteiger partial charge is 0.381 e. The summed E-state index contributed by atoms with van der Waals surface area (Å²) in [5.41, 5.74) is 1.53. The van der Waals surface area contributed by atoms with Crippen molar-refractivity contribution in [3.05, 3.63) is 29.8 Å². The molecule has 1 aliphatic heterocycles. The lowest BCUT2D eigenvalue weighted by Crippen LogP contribution is -2.35. The second kappa shape index (κ2) is 7.48. The van der Waals surface area contributed by atoms with Gasteiger partial charge in [0.05, 0.1) is 0 Å². The second-order valence-corrected chi connectivity index (χ2v) is 7.71. The van der Waals surface area contributed by atoms with Gasteiger partial charge in [-0.2, -0.15) is 0 Å². The molecule has 2 nitrogen and oxygen atoms in total. The molecule has 0 atom stereocenters. The predicted octanol–water partition coefficient (Wildman–Crippen LogP) is 4.09. The summed E-state index contributed by atoms with van der Waals surface area (Å²) in [4.78, 5) is 1.39. The topological polar surface area (TPSA) is 21.3 Å². The highest BCUT2D eigenvalue weighted by molar-refractivity contribution is 7.99. The molecule has 20 heavy (non-hydrogen) atoms. The van der Waals surface area contributed by atoms with Crippen LogP contribution in [0.2, 0.25) is 0 Å². The fraction of sp³-hybridized carbons (Fsp3) is 0.647. The molecule has 0 radical (unpaired) electrons. The molecular formula is C17H27NOS. The Hall–Kier alpha value is -0.510. The molecule has 1 aromatic carbocycles. The number of hydrogen-bond acceptors (Lipinski definition) is 3. The minimum atomic E-state index is 0.177. The lowest BCUT2D eigenvalue weighted by Gasteiger charge is -2.21. The van der Waals surface area contributed by atoms with Crippen molar-refractivity contribution in [2.24, 2.45) is 5.92 Å². The van der Waals surface area contributed by atoms with Crippen molar-refractivity contribution in [3.63, 3.8) is 0 Å². The van der Waals surface area contributed by atoms with Gasteiger partial charge in [0.2, 0.25) is 0 Å². The summed E-state index contributed by atoms with van der Waals surface area (Å²) in [5.74, 6) is 2.05. The molecule has 0 amide bonds. The Morgan fingerprint density at radius 3 is 2.40 bits per heavy atom. The van der Waals surface area contributed by atoms with E-state index in [1.54, 1.807) is 0 Å². The van der Waals surface area contributed by atoms with Gasteiger partial charge in [-0.05, 0) is 57.2 Å². The van der Waals surface area contributed by atoms with Crippen molar-refractivity contribution in [2.75, 3.05) is 19.0 Å². The normalized spacial score (nSPS) is 17.4. The summed E-state index contributed by atoms with van der Waals surface area (Å²) in [5, 5.41) is 3.52. The quantitative estimate of drug-likeness (QED) is 0.826. The Balaban J connectivity index is 1.76. The third-order valence-corrected chi connectivity index (χ3v) is 4.82. The van der Waals surface area contributed by atoms with Gasteiger partial charge < -0.3 is 10.1 Å². The molecule has 1 aromatic rings. The molecule has 1 saturated heterocycles. The fourth-order valence-corrected chi connectivity index (χ4v) is 3.29. The fourth-order valence-electron chi connectivity index (χ4n) is 2.20. The van der Waals surface area contributed by atoms with Crippen molar-refractivity contribution < 1.29 is 4.74 Å². The Bertz CT molecular complexity index is 390. The van der Waals surface area contributed by atoms with Gasteiger partial charge >= 0.3 is 0 Å². The van der Waals surface area contributed by atoms with Gasteiger partial charge in [-0.3, -0.25) is 0 Å². The third-order valence-electron chi connectivity index (χ3n) is 3.57. The Morgan fingerprint density at radius 1 is 1.15 bits per heavy atom. The maximum absolute atomic E-state index is 5.41. The van der Waals surface area contributed by atoms with E-state index in [2.05, 4.69) is 50.4 Å². The first-order chi connectivity index (χ1) is 9.53. The van der Waals surface area contributed by atoms with Gasteiger partial charge in [0.15, 0.2) is 0 Å². The van der Waals surface area contributed by atoms with Crippen molar-refractivity contribution in [1.29, 1.82) is 0 Å². The van der Waals surface area contributed by atoms with Crippen LogP contribution in [0.5, 0.6) is 0 Å². The number of hydrogen-bond donors (Lipinski definition) is 1. The zero-order valence-corrected chi connectivity index (χ0v) is 13.8. The maximum Gasteiger partial charge on any atom is 0.0468 e. The van der Waals surface area contributed by atoms with Crippen LogP contribution in [0, 0.1) is 5.92 Å². The summed E-state index contributed by atoms with van der Waals surface area (Å²) in [6.07, 6.45) is 2.45. The van der Waals surface area contributed by atoms with Crippen molar-refractivity contribution in [2.45, 2.75) is 50.6 Å². The molecule has 1 N–H and O–H groups in total. The number of benzene rings is 1. The standard InChI is InChI=1S/C17H27NOS/c1-17(2,3)18-12-14-4-6-16(7-5-14)20-13-15-8-10-19-11-9-15/h4-7,15,18H,8-13H2,1-3H3. The van der Waals surface area contributed by atoms with Gasteiger partial charge in [-0.15, -0.1) is 11.8 Å². The van der Waals surface area contributed by atoms with Crippen LogP contribution < -0.4 is 5.32 Å². The van der Waals surface area contributed by atoms with E-state index in [1.165, 1.54) is 29.1 Å². The van der Waals surface area contributed by atoms with Gasteiger partial charge in [0, 0.05) is 35.9 Å². The van der Waals surface area contributed by atoms with E-state index in [-0.39, 0.29) is 5.54 Å². The van der Waals surface area contributed by atoms with E-state index in [9.17, 15) is 0 Å². The van der Waals surface area contributed by atoms with Crippen LogP contribution in [0.15, 0.2) is 29.2 Å². The molecule has 2 rings (SSSR count). The van der Waals surface area contributed by atoms with Crippen LogP contribution in [-0.4, -0.2) is 24.5 Å². The monoisotopic (exact) mass is 293 g/mol. The molecule has 112 valence electrons. The molecule has 1 heterocycles. The number of ether oxygens (including phenoxy) is 1. The molecule has 3 heteroatoms. The smallest absolute Gasteiger partial charge is 0.0468 e. The molecule has 0 aromatic heterocycles. The third kappa shape index (κ3) is 5.86. The predicted molar refractivity (Wildman–Crippen MR) is 87.3 cm³/mol. The van der Waals surface area contributed by atoms with Crippen LogP contribution in [0.1, 0.15) is 39.2 Å². The van der Waals surface area contributed by atoms with E-state index >= 15 is 0 Å². The first kappa shape index (κ1) is 15.9. The average molecular weight is 293 g/mol. The summed E-state index contributed by atoms with van der Waals surface area (Å²) < 4.78 is 5.41. The maximum atomic E-state index is 5.41. The molecule has 1 aliphatic rings. The molecule has 1 fully saturated rings. The molecule has 0 saturated carbocycles. The number of thioether (sulfide) groups is 1. The summed E-state index contributed by atoms with van der Waals surface area (Å²) in [7, 11) is 0. The van der Waals surface area contributed by atoms with Gasteiger partial charge in [-0.1, -0.05) is 12.1 Å². The van der Waals surface area contributed by atoms with Gasteiger partial charge in [0.1, 0.15) is 0 Å². The Labute approximate surface area is 127 Å². The van der Waals surface area contributed by atoms with E-state index < -0.39 is 0 Å². The van der Waals surface area contributed by atoms with Crippen LogP contribution in [0.3, 0.4) is 0 Å². The molecule has 0 aliphatic carbocycles. The highest BCUT2D eigenvalue weighted by Gasteiger charge is 2.14. The Morgan fingerprint density at radius 2 is 1.80 bits per heavy atom. The summed E-state index contributed by atoms with van der Waals surface area (Å²) in [6.45, 7) is 9.43. The van der Waals surface area contributed by atoms with Gasteiger partial charge in [0.25, 0.3) is 0 Å². The van der Waals surface area contributed by atoms with E-state index in [0.29, 0.717) is 0 Å². The number of nitrogens with one attached hydrogen (secondary N) is 1. The zero-order valence-electron chi connectivity index (χ0n) is 12.9. The summed E-state index contributed by atoms with van der Waals surface area (Å²) >= 11 is 1.98. The molecule has 0 unspecified atom stereocenters. The highest BCUT2D eigenvalue weighted by Crippen LogP contribution is 2.26. The lowest BCUT2D eigenvalue weighted by atomic mass is 10.0. The lowest BCUT2D eigenvalue weighted by molar-refractivity contribution is 0.0728. The second-order valence-electron chi connectivity index (χ2n) is 6.61. The molecule has 0 spiro atoms. The van der Waals surface area contributed by atoms with Crippen LogP contribution >= 0.6 is 11.8 Å². The van der Waals surface area contributed by atoms with E-state index in [1.807, 2.05) is 11.8 Å². The molecule has 0 bridgehead atoms. The Kier molecular flexibility index (Phi) is 5.94.